The van der Waals surface area contributed by atoms with Crippen molar-refractivity contribution in [3.05, 3.63) is 29.8 Å². The van der Waals surface area contributed by atoms with Crippen molar-refractivity contribution in [3.8, 4) is 0 Å². The molecule has 1 aromatic carbocycles. The summed E-state index contributed by atoms with van der Waals surface area (Å²) in [5.41, 5.74) is 0.469. The quantitative estimate of drug-likeness (QED) is 0.616. The van der Waals surface area contributed by atoms with Crippen molar-refractivity contribution >= 4 is 15.9 Å². The lowest BCUT2D eigenvalue weighted by Gasteiger charge is -2.33. The lowest BCUT2D eigenvalue weighted by Crippen LogP contribution is -2.46. The van der Waals surface area contributed by atoms with Gasteiger partial charge in [-0.3, -0.25) is 4.79 Å². The largest absolute Gasteiger partial charge is 0.352 e. The van der Waals surface area contributed by atoms with Crippen LogP contribution in [0.15, 0.2) is 29.2 Å². The molecule has 0 aromatic heterocycles. The summed E-state index contributed by atoms with van der Waals surface area (Å²) < 4.78 is 26.2. The fraction of sp³-hybridized carbons (Fsp3) is 0.611. The van der Waals surface area contributed by atoms with E-state index in [-0.39, 0.29) is 10.8 Å². The molecule has 8 heteroatoms. The van der Waals surface area contributed by atoms with E-state index in [2.05, 4.69) is 26.8 Å². The number of hydrogen-bond acceptors (Lipinski definition) is 5. The van der Waals surface area contributed by atoms with Crippen molar-refractivity contribution in [3.63, 3.8) is 0 Å². The number of nitrogens with one attached hydrogen (secondary N) is 2. The molecule has 146 valence electrons. The second-order valence-electron chi connectivity index (χ2n) is 6.41. The SMILES string of the molecule is CCNS(=O)(=O)c1ccc(C(=O)NCCCN2CCN(CC)CC2)cc1. The average Bonchev–Trinajstić information content (AvgIpc) is 2.65. The Hall–Kier alpha value is -1.48. The van der Waals surface area contributed by atoms with Gasteiger partial charge in [-0.05, 0) is 43.8 Å². The normalized spacial score (nSPS) is 16.5. The van der Waals surface area contributed by atoms with Gasteiger partial charge in [-0.25, -0.2) is 13.1 Å². The molecular formula is C18H30N4O3S. The number of benzene rings is 1. The minimum atomic E-state index is -3.48. The summed E-state index contributed by atoms with van der Waals surface area (Å²) in [6.45, 7) is 11.4. The molecule has 7 nitrogen and oxygen atoms in total. The maximum atomic E-state index is 12.2. The van der Waals surface area contributed by atoms with Gasteiger partial charge in [0.25, 0.3) is 5.91 Å². The third-order valence-corrected chi connectivity index (χ3v) is 6.17. The van der Waals surface area contributed by atoms with E-state index < -0.39 is 10.0 Å². The van der Waals surface area contributed by atoms with Crippen LogP contribution in [-0.2, 0) is 10.0 Å². The lowest BCUT2D eigenvalue weighted by atomic mass is 10.2. The average molecular weight is 383 g/mol. The van der Waals surface area contributed by atoms with Crippen molar-refractivity contribution in [2.45, 2.75) is 25.2 Å². The highest BCUT2D eigenvalue weighted by molar-refractivity contribution is 7.89. The number of amides is 1. The van der Waals surface area contributed by atoms with Crippen molar-refractivity contribution < 1.29 is 13.2 Å². The monoisotopic (exact) mass is 382 g/mol. The predicted octanol–water partition coefficient (Wildman–Crippen LogP) is 0.742. The van der Waals surface area contributed by atoms with Crippen molar-refractivity contribution in [1.29, 1.82) is 0 Å². The van der Waals surface area contributed by atoms with Crippen LogP contribution in [0.4, 0.5) is 0 Å². The number of piperazine rings is 1. The first-order chi connectivity index (χ1) is 12.5. The maximum Gasteiger partial charge on any atom is 0.251 e. The van der Waals surface area contributed by atoms with Crippen LogP contribution in [0.2, 0.25) is 0 Å². The van der Waals surface area contributed by atoms with E-state index in [9.17, 15) is 13.2 Å². The Morgan fingerprint density at radius 2 is 1.65 bits per heavy atom. The summed E-state index contributed by atoms with van der Waals surface area (Å²) in [7, 11) is -3.48. The molecular weight excluding hydrogens is 352 g/mol. The van der Waals surface area contributed by atoms with E-state index in [0.717, 1.165) is 45.7 Å². The van der Waals surface area contributed by atoms with Gasteiger partial charge in [0.05, 0.1) is 4.90 Å². The molecule has 0 spiro atoms. The number of carbonyl (C=O) groups excluding carboxylic acids is 1. The molecule has 1 saturated heterocycles. The van der Waals surface area contributed by atoms with Crippen LogP contribution in [0.25, 0.3) is 0 Å². The highest BCUT2D eigenvalue weighted by Gasteiger charge is 2.15. The number of hydrogen-bond donors (Lipinski definition) is 2. The fourth-order valence-corrected chi connectivity index (χ4v) is 4.04. The Morgan fingerprint density at radius 3 is 2.23 bits per heavy atom. The first-order valence-corrected chi connectivity index (χ1v) is 10.8. The Labute approximate surface area is 156 Å². The van der Waals surface area contributed by atoms with E-state index in [1.54, 1.807) is 19.1 Å². The van der Waals surface area contributed by atoms with Gasteiger partial charge in [-0.15, -0.1) is 0 Å². The van der Waals surface area contributed by atoms with E-state index in [1.807, 2.05) is 0 Å². The molecule has 0 saturated carbocycles. The third-order valence-electron chi connectivity index (χ3n) is 4.61. The van der Waals surface area contributed by atoms with E-state index in [1.165, 1.54) is 12.1 Å². The molecule has 2 rings (SSSR count). The third kappa shape index (κ3) is 6.05. The smallest absolute Gasteiger partial charge is 0.251 e. The maximum absolute atomic E-state index is 12.2. The van der Waals surface area contributed by atoms with Gasteiger partial charge in [0, 0.05) is 44.8 Å². The zero-order valence-electron chi connectivity index (χ0n) is 15.7. The van der Waals surface area contributed by atoms with Gasteiger partial charge < -0.3 is 15.1 Å². The second kappa shape index (κ2) is 10.0. The Morgan fingerprint density at radius 1 is 1.04 bits per heavy atom. The van der Waals surface area contributed by atoms with Gasteiger partial charge in [0.1, 0.15) is 0 Å². The van der Waals surface area contributed by atoms with Crippen LogP contribution in [0, 0.1) is 0 Å². The first-order valence-electron chi connectivity index (χ1n) is 9.29. The Bertz CT molecular complexity index is 668. The molecule has 1 aliphatic rings. The van der Waals surface area contributed by atoms with Crippen molar-refractivity contribution in [2.75, 3.05) is 52.4 Å². The van der Waals surface area contributed by atoms with E-state index in [0.29, 0.717) is 18.7 Å². The van der Waals surface area contributed by atoms with Crippen LogP contribution in [0.1, 0.15) is 30.6 Å². The summed E-state index contributed by atoms with van der Waals surface area (Å²) >= 11 is 0. The summed E-state index contributed by atoms with van der Waals surface area (Å²) in [6, 6.07) is 6.01. The Balaban J connectivity index is 1.73. The van der Waals surface area contributed by atoms with Crippen molar-refractivity contribution in [1.82, 2.24) is 19.8 Å². The molecule has 26 heavy (non-hydrogen) atoms. The summed E-state index contributed by atoms with van der Waals surface area (Å²) in [5, 5.41) is 2.90. The highest BCUT2D eigenvalue weighted by Crippen LogP contribution is 2.10. The van der Waals surface area contributed by atoms with Crippen LogP contribution in [-0.4, -0.2) is 76.5 Å². The summed E-state index contributed by atoms with van der Waals surface area (Å²) in [6.07, 6.45) is 0.907. The van der Waals surface area contributed by atoms with Crippen molar-refractivity contribution in [2.24, 2.45) is 0 Å². The number of rotatable bonds is 9. The minimum absolute atomic E-state index is 0.169. The number of carbonyl (C=O) groups is 1. The zero-order chi connectivity index (χ0) is 19.0. The molecule has 1 heterocycles. The fourth-order valence-electron chi connectivity index (χ4n) is 2.99. The topological polar surface area (TPSA) is 81.7 Å². The summed E-state index contributed by atoms with van der Waals surface area (Å²) in [5.74, 6) is -0.173. The molecule has 1 amide bonds. The lowest BCUT2D eigenvalue weighted by molar-refractivity contribution is 0.0948. The number of nitrogens with zero attached hydrogens (tertiary/aromatic N) is 2. The molecule has 0 unspecified atom stereocenters. The van der Waals surface area contributed by atoms with Gasteiger partial charge in [-0.1, -0.05) is 13.8 Å². The second-order valence-corrected chi connectivity index (χ2v) is 8.18. The van der Waals surface area contributed by atoms with Gasteiger partial charge in [0.2, 0.25) is 10.0 Å². The molecule has 0 aliphatic carbocycles. The van der Waals surface area contributed by atoms with Crippen LogP contribution >= 0.6 is 0 Å². The first kappa shape index (κ1) is 20.8. The van der Waals surface area contributed by atoms with Crippen LogP contribution in [0.5, 0.6) is 0 Å². The summed E-state index contributed by atoms with van der Waals surface area (Å²) in [4.78, 5) is 17.2. The number of likely N-dealkylation sites (N-methyl/N-ethyl adjacent to an activating group) is 1. The molecule has 2 N–H and O–H groups in total. The molecule has 0 bridgehead atoms. The zero-order valence-corrected chi connectivity index (χ0v) is 16.5. The van der Waals surface area contributed by atoms with E-state index >= 15 is 0 Å². The van der Waals surface area contributed by atoms with Gasteiger partial charge in [0.15, 0.2) is 0 Å². The number of sulfonamides is 1. The van der Waals surface area contributed by atoms with Crippen LogP contribution < -0.4 is 10.0 Å². The molecule has 0 radical (unpaired) electrons. The standard InChI is InChI=1S/C18H30N4O3S/c1-3-20-26(24,25)17-8-6-16(7-9-17)18(23)19-10-5-11-22-14-12-21(4-2)13-15-22/h6-9,20H,3-5,10-15H2,1-2H3,(H,19,23). The minimum Gasteiger partial charge on any atom is -0.352 e. The van der Waals surface area contributed by atoms with Crippen LogP contribution in [0.3, 0.4) is 0 Å². The predicted molar refractivity (Wildman–Crippen MR) is 103 cm³/mol. The van der Waals surface area contributed by atoms with Gasteiger partial charge >= 0.3 is 0 Å². The highest BCUT2D eigenvalue weighted by atomic mass is 32.2. The molecule has 1 fully saturated rings. The molecule has 0 atom stereocenters. The van der Waals surface area contributed by atoms with Gasteiger partial charge in [-0.2, -0.15) is 0 Å². The van der Waals surface area contributed by atoms with E-state index in [4.69, 9.17) is 0 Å². The molecule has 1 aliphatic heterocycles. The molecule has 1 aromatic rings. The Kier molecular flexibility index (Phi) is 8.02.